The van der Waals surface area contributed by atoms with Crippen molar-refractivity contribution in [3.8, 4) is 0 Å². The van der Waals surface area contributed by atoms with Gasteiger partial charge in [0.15, 0.2) is 0 Å². The summed E-state index contributed by atoms with van der Waals surface area (Å²) in [4.78, 5) is 30.9. The van der Waals surface area contributed by atoms with E-state index in [-0.39, 0.29) is 11.8 Å². The molecule has 2 aromatic rings. The first-order valence-corrected chi connectivity index (χ1v) is 10.5. The number of thioether (sulfide) groups is 1. The van der Waals surface area contributed by atoms with Gasteiger partial charge in [-0.15, -0.1) is 11.8 Å². The Morgan fingerprint density at radius 2 is 1.61 bits per heavy atom. The molecular formula is C22H25N3O2S. The molecular weight excluding hydrogens is 370 g/mol. The molecule has 1 aliphatic rings. The third-order valence-electron chi connectivity index (χ3n) is 4.73. The minimum absolute atomic E-state index is 0.147. The normalized spacial score (nSPS) is 15.4. The van der Waals surface area contributed by atoms with Crippen LogP contribution in [0.4, 0.5) is 0 Å². The number of benzene rings is 2. The van der Waals surface area contributed by atoms with Crippen molar-refractivity contribution < 1.29 is 9.59 Å². The van der Waals surface area contributed by atoms with Crippen molar-refractivity contribution in [2.75, 3.05) is 39.5 Å². The van der Waals surface area contributed by atoms with Crippen LogP contribution in [0.5, 0.6) is 0 Å². The summed E-state index contributed by atoms with van der Waals surface area (Å²) in [6.07, 6.45) is 3.78. The second kappa shape index (κ2) is 9.57. The molecule has 5 nitrogen and oxygen atoms in total. The number of rotatable bonds is 5. The van der Waals surface area contributed by atoms with Gasteiger partial charge in [-0.3, -0.25) is 9.59 Å². The number of hydrogen-bond acceptors (Lipinski definition) is 4. The fourth-order valence-corrected chi connectivity index (χ4v) is 3.39. The number of carbonyl (C=O) groups is 2. The summed E-state index contributed by atoms with van der Waals surface area (Å²) in [5.74, 6) is -0.429. The van der Waals surface area contributed by atoms with E-state index in [2.05, 4.69) is 10.2 Å². The van der Waals surface area contributed by atoms with Crippen LogP contribution in [0, 0.1) is 0 Å². The average Bonchev–Trinajstić information content (AvgIpc) is 2.74. The molecule has 1 aliphatic heterocycles. The quantitative estimate of drug-likeness (QED) is 0.625. The largest absolute Gasteiger partial charge is 0.335 e. The molecule has 0 bridgehead atoms. The van der Waals surface area contributed by atoms with Crippen LogP contribution in [0.15, 0.2) is 65.2 Å². The van der Waals surface area contributed by atoms with E-state index >= 15 is 0 Å². The summed E-state index contributed by atoms with van der Waals surface area (Å²) >= 11 is 1.66. The lowest BCUT2D eigenvalue weighted by molar-refractivity contribution is -0.128. The molecule has 0 aromatic heterocycles. The number of carbonyl (C=O) groups excluding carboxylic acids is 2. The Labute approximate surface area is 170 Å². The second-order valence-electron chi connectivity index (χ2n) is 6.75. The highest BCUT2D eigenvalue weighted by Crippen LogP contribution is 2.17. The predicted molar refractivity (Wildman–Crippen MR) is 114 cm³/mol. The van der Waals surface area contributed by atoms with Crippen LogP contribution in [0.25, 0.3) is 6.08 Å². The van der Waals surface area contributed by atoms with Gasteiger partial charge in [0.2, 0.25) is 0 Å². The molecule has 6 heteroatoms. The molecule has 0 atom stereocenters. The standard InChI is InChI=1S/C22H25N3O2S/c1-24-12-14-25(15-13-24)22(27)20(16-17-8-10-19(28-2)11-9-17)23-21(26)18-6-4-3-5-7-18/h3-11,16H,12-15H2,1-2H3,(H,23,26)/b20-16-. The molecule has 3 rings (SSSR count). The SMILES string of the molecule is CSc1ccc(/C=C(\NC(=O)c2ccccc2)C(=O)N2CCN(C)CC2)cc1. The number of hydrogen-bond donors (Lipinski definition) is 1. The van der Waals surface area contributed by atoms with E-state index in [1.54, 1.807) is 34.9 Å². The third kappa shape index (κ3) is 5.24. The molecule has 0 aliphatic carbocycles. The Kier molecular flexibility index (Phi) is 6.90. The summed E-state index contributed by atoms with van der Waals surface area (Å²) in [6.45, 7) is 2.96. The van der Waals surface area contributed by atoms with Gasteiger partial charge in [-0.1, -0.05) is 30.3 Å². The zero-order valence-electron chi connectivity index (χ0n) is 16.2. The highest BCUT2D eigenvalue weighted by atomic mass is 32.2. The summed E-state index contributed by atoms with van der Waals surface area (Å²) in [7, 11) is 2.04. The maximum atomic E-state index is 13.1. The van der Waals surface area contributed by atoms with Gasteiger partial charge in [-0.2, -0.15) is 0 Å². The van der Waals surface area contributed by atoms with Crippen LogP contribution in [0.2, 0.25) is 0 Å². The van der Waals surface area contributed by atoms with E-state index < -0.39 is 0 Å². The summed E-state index contributed by atoms with van der Waals surface area (Å²) < 4.78 is 0. The van der Waals surface area contributed by atoms with Gasteiger partial charge < -0.3 is 15.1 Å². The van der Waals surface area contributed by atoms with Crippen molar-refractivity contribution in [1.82, 2.24) is 15.1 Å². The molecule has 1 fully saturated rings. The van der Waals surface area contributed by atoms with Crippen molar-refractivity contribution >= 4 is 29.7 Å². The van der Waals surface area contributed by atoms with Gasteiger partial charge in [-0.25, -0.2) is 0 Å². The fourth-order valence-electron chi connectivity index (χ4n) is 2.98. The molecule has 0 saturated carbocycles. The van der Waals surface area contributed by atoms with Crippen LogP contribution in [-0.4, -0.2) is 61.1 Å². The molecule has 146 valence electrons. The van der Waals surface area contributed by atoms with Crippen LogP contribution >= 0.6 is 11.8 Å². The fraction of sp³-hybridized carbons (Fsp3) is 0.273. The van der Waals surface area contributed by atoms with Crippen LogP contribution in [-0.2, 0) is 4.79 Å². The second-order valence-corrected chi connectivity index (χ2v) is 7.63. The van der Waals surface area contributed by atoms with Gasteiger partial charge in [0, 0.05) is 36.6 Å². The summed E-state index contributed by atoms with van der Waals surface area (Å²) in [5, 5.41) is 2.83. The minimum Gasteiger partial charge on any atom is -0.335 e. The van der Waals surface area contributed by atoms with E-state index in [1.807, 2.05) is 55.8 Å². The highest BCUT2D eigenvalue weighted by Gasteiger charge is 2.23. The molecule has 0 radical (unpaired) electrons. The van der Waals surface area contributed by atoms with Crippen molar-refractivity contribution in [1.29, 1.82) is 0 Å². The van der Waals surface area contributed by atoms with Crippen molar-refractivity contribution in [2.24, 2.45) is 0 Å². The maximum absolute atomic E-state index is 13.1. The van der Waals surface area contributed by atoms with E-state index in [1.165, 1.54) is 0 Å². The number of likely N-dealkylation sites (N-methyl/N-ethyl adjacent to an activating group) is 1. The maximum Gasteiger partial charge on any atom is 0.270 e. The van der Waals surface area contributed by atoms with Crippen LogP contribution < -0.4 is 5.32 Å². The van der Waals surface area contributed by atoms with E-state index in [4.69, 9.17) is 0 Å². The molecule has 1 heterocycles. The Morgan fingerprint density at radius 1 is 0.964 bits per heavy atom. The summed E-state index contributed by atoms with van der Waals surface area (Å²) in [6, 6.07) is 16.9. The van der Waals surface area contributed by atoms with Crippen molar-refractivity contribution in [3.05, 3.63) is 71.4 Å². The van der Waals surface area contributed by atoms with Gasteiger partial charge in [-0.05, 0) is 49.2 Å². The van der Waals surface area contributed by atoms with Crippen LogP contribution in [0.1, 0.15) is 15.9 Å². The highest BCUT2D eigenvalue weighted by molar-refractivity contribution is 7.98. The van der Waals surface area contributed by atoms with E-state index in [9.17, 15) is 9.59 Å². The average molecular weight is 396 g/mol. The summed E-state index contributed by atoms with van der Waals surface area (Å²) in [5.41, 5.74) is 1.70. The number of nitrogens with one attached hydrogen (secondary N) is 1. The van der Waals surface area contributed by atoms with Crippen molar-refractivity contribution in [3.63, 3.8) is 0 Å². The van der Waals surface area contributed by atoms with Gasteiger partial charge >= 0.3 is 0 Å². The molecule has 0 spiro atoms. The Hall–Kier alpha value is -2.57. The smallest absolute Gasteiger partial charge is 0.270 e. The zero-order valence-corrected chi connectivity index (χ0v) is 17.0. The molecule has 1 N–H and O–H groups in total. The first-order valence-electron chi connectivity index (χ1n) is 9.27. The van der Waals surface area contributed by atoms with Gasteiger partial charge in [0.05, 0.1) is 0 Å². The zero-order chi connectivity index (χ0) is 19.9. The predicted octanol–water partition coefficient (Wildman–Crippen LogP) is 2.95. The molecule has 0 unspecified atom stereocenters. The van der Waals surface area contributed by atoms with Crippen LogP contribution in [0.3, 0.4) is 0 Å². The third-order valence-corrected chi connectivity index (χ3v) is 5.48. The van der Waals surface area contributed by atoms with Crippen molar-refractivity contribution in [2.45, 2.75) is 4.90 Å². The molecule has 1 saturated heterocycles. The molecule has 28 heavy (non-hydrogen) atoms. The molecule has 2 aromatic carbocycles. The monoisotopic (exact) mass is 395 g/mol. The number of piperazine rings is 1. The lowest BCUT2D eigenvalue weighted by Gasteiger charge is -2.33. The van der Waals surface area contributed by atoms with Gasteiger partial charge in [0.25, 0.3) is 11.8 Å². The minimum atomic E-state index is -0.282. The molecule has 2 amide bonds. The lowest BCUT2D eigenvalue weighted by atomic mass is 10.1. The Balaban J connectivity index is 1.85. The first-order chi connectivity index (χ1) is 13.6. The van der Waals surface area contributed by atoms with E-state index in [0.717, 1.165) is 23.5 Å². The number of amides is 2. The topological polar surface area (TPSA) is 52.7 Å². The van der Waals surface area contributed by atoms with E-state index in [0.29, 0.717) is 24.4 Å². The van der Waals surface area contributed by atoms with Gasteiger partial charge in [0.1, 0.15) is 5.70 Å². The Morgan fingerprint density at radius 3 is 2.21 bits per heavy atom. The number of nitrogens with zero attached hydrogens (tertiary/aromatic N) is 2. The lowest BCUT2D eigenvalue weighted by Crippen LogP contribution is -2.49. The Bertz CT molecular complexity index is 842. The first kappa shape index (κ1) is 20.2.